The molecule has 128 valence electrons. The Kier molecular flexibility index (Phi) is 3.59. The maximum atomic E-state index is 13.2. The molecule has 1 aromatic heterocycles. The molecule has 2 bridgehead atoms. The van der Waals surface area contributed by atoms with Crippen LogP contribution in [0.25, 0.3) is 0 Å². The molecule has 0 spiro atoms. The lowest BCUT2D eigenvalue weighted by Gasteiger charge is -2.51. The van der Waals surface area contributed by atoms with E-state index in [2.05, 4.69) is 45.1 Å². The molecule has 4 saturated heterocycles. The average molecular weight is 333 g/mol. The van der Waals surface area contributed by atoms with E-state index in [1.54, 1.807) is 12.4 Å². The van der Waals surface area contributed by atoms with Gasteiger partial charge >= 0.3 is 0 Å². The molecule has 4 aliphatic heterocycles. The van der Waals surface area contributed by atoms with E-state index in [0.29, 0.717) is 23.9 Å². The monoisotopic (exact) mass is 333 g/mol. The number of hydrogen-bond acceptors (Lipinski definition) is 3. The van der Waals surface area contributed by atoms with Crippen LogP contribution in [0.3, 0.4) is 0 Å². The number of amides is 1. The van der Waals surface area contributed by atoms with Crippen molar-refractivity contribution in [2.24, 2.45) is 5.92 Å². The van der Waals surface area contributed by atoms with Crippen LogP contribution < -0.4 is 0 Å². The molecule has 0 saturated carbocycles. The second kappa shape index (κ2) is 5.95. The Morgan fingerprint density at radius 3 is 2.40 bits per heavy atom. The number of nitrogens with zero attached hydrogens (tertiary/aromatic N) is 3. The summed E-state index contributed by atoms with van der Waals surface area (Å²) in [6.07, 6.45) is 5.88. The average Bonchev–Trinajstić information content (AvgIpc) is 3.12. The highest BCUT2D eigenvalue weighted by atomic mass is 16.2. The van der Waals surface area contributed by atoms with Gasteiger partial charge in [-0.2, -0.15) is 0 Å². The summed E-state index contributed by atoms with van der Waals surface area (Å²) in [5.74, 6) is 1.24. The SMILES string of the molecule is O=C(c1ccncc1)N1C[C@@H](c2ccccc2)[C@@H]2[C@H]1C1CCN2CC1. The molecule has 4 nitrogen and oxygen atoms in total. The van der Waals surface area contributed by atoms with Crippen LogP contribution in [0.4, 0.5) is 0 Å². The largest absolute Gasteiger partial charge is 0.333 e. The Morgan fingerprint density at radius 2 is 1.68 bits per heavy atom. The predicted molar refractivity (Wildman–Crippen MR) is 96.3 cm³/mol. The predicted octanol–water partition coefficient (Wildman–Crippen LogP) is 2.78. The van der Waals surface area contributed by atoms with Crippen molar-refractivity contribution in [3.63, 3.8) is 0 Å². The van der Waals surface area contributed by atoms with Gasteiger partial charge in [0.25, 0.3) is 5.91 Å². The first-order valence-electron chi connectivity index (χ1n) is 9.33. The van der Waals surface area contributed by atoms with Crippen LogP contribution >= 0.6 is 0 Å². The molecule has 4 heteroatoms. The van der Waals surface area contributed by atoms with Crippen LogP contribution in [0.2, 0.25) is 0 Å². The van der Waals surface area contributed by atoms with Crippen LogP contribution in [-0.2, 0) is 0 Å². The minimum absolute atomic E-state index is 0.171. The maximum absolute atomic E-state index is 13.2. The Bertz CT molecular complexity index is 755. The van der Waals surface area contributed by atoms with Crippen LogP contribution in [-0.4, -0.2) is 52.4 Å². The Balaban J connectivity index is 1.53. The Morgan fingerprint density at radius 1 is 0.960 bits per heavy atom. The summed E-state index contributed by atoms with van der Waals surface area (Å²) in [6.45, 7) is 3.20. The Labute approximate surface area is 148 Å². The first kappa shape index (κ1) is 15.1. The van der Waals surface area contributed by atoms with Crippen molar-refractivity contribution in [3.8, 4) is 0 Å². The molecule has 0 radical (unpaired) electrons. The summed E-state index contributed by atoms with van der Waals surface area (Å²) >= 11 is 0. The van der Waals surface area contributed by atoms with E-state index >= 15 is 0 Å². The summed E-state index contributed by atoms with van der Waals surface area (Å²) in [5.41, 5.74) is 2.13. The number of rotatable bonds is 2. The van der Waals surface area contributed by atoms with Gasteiger partial charge in [0.05, 0.1) is 6.04 Å². The van der Waals surface area contributed by atoms with E-state index in [1.807, 2.05) is 12.1 Å². The van der Waals surface area contributed by atoms with Crippen LogP contribution in [0.5, 0.6) is 0 Å². The second-order valence-corrected chi connectivity index (χ2v) is 7.57. The zero-order chi connectivity index (χ0) is 16.8. The molecular weight excluding hydrogens is 310 g/mol. The van der Waals surface area contributed by atoms with E-state index < -0.39 is 0 Å². The number of aromatic nitrogens is 1. The van der Waals surface area contributed by atoms with E-state index in [0.717, 1.165) is 12.1 Å². The van der Waals surface area contributed by atoms with Gasteiger partial charge < -0.3 is 4.90 Å². The molecule has 0 unspecified atom stereocenters. The highest BCUT2D eigenvalue weighted by molar-refractivity contribution is 5.94. The van der Waals surface area contributed by atoms with Crippen molar-refractivity contribution >= 4 is 5.91 Å². The fourth-order valence-corrected chi connectivity index (χ4v) is 5.31. The quantitative estimate of drug-likeness (QED) is 0.848. The van der Waals surface area contributed by atoms with Gasteiger partial charge in [0.15, 0.2) is 0 Å². The molecule has 6 rings (SSSR count). The summed E-state index contributed by atoms with van der Waals surface area (Å²) < 4.78 is 0. The molecule has 1 aromatic carbocycles. The molecule has 4 fully saturated rings. The van der Waals surface area contributed by atoms with E-state index in [1.165, 1.54) is 31.5 Å². The van der Waals surface area contributed by atoms with Gasteiger partial charge in [-0.1, -0.05) is 30.3 Å². The molecule has 25 heavy (non-hydrogen) atoms. The van der Waals surface area contributed by atoms with E-state index in [-0.39, 0.29) is 5.91 Å². The van der Waals surface area contributed by atoms with Gasteiger partial charge in [-0.15, -0.1) is 0 Å². The van der Waals surface area contributed by atoms with Crippen molar-refractivity contribution in [1.82, 2.24) is 14.8 Å². The van der Waals surface area contributed by atoms with Crippen molar-refractivity contribution in [2.75, 3.05) is 19.6 Å². The lowest BCUT2D eigenvalue weighted by Crippen LogP contribution is -2.60. The summed E-state index contributed by atoms with van der Waals surface area (Å²) in [6, 6.07) is 15.3. The normalized spacial score (nSPS) is 33.3. The first-order valence-corrected chi connectivity index (χ1v) is 9.33. The van der Waals surface area contributed by atoms with Crippen molar-refractivity contribution in [1.29, 1.82) is 0 Å². The van der Waals surface area contributed by atoms with E-state index in [4.69, 9.17) is 0 Å². The highest BCUT2D eigenvalue weighted by Crippen LogP contribution is 2.46. The number of carbonyl (C=O) groups excluding carboxylic acids is 1. The van der Waals surface area contributed by atoms with Gasteiger partial charge in [0.2, 0.25) is 0 Å². The minimum Gasteiger partial charge on any atom is -0.333 e. The van der Waals surface area contributed by atoms with Gasteiger partial charge in [-0.05, 0) is 49.5 Å². The highest BCUT2D eigenvalue weighted by Gasteiger charge is 2.54. The molecule has 1 amide bonds. The van der Waals surface area contributed by atoms with Crippen molar-refractivity contribution in [3.05, 3.63) is 66.0 Å². The van der Waals surface area contributed by atoms with E-state index in [9.17, 15) is 4.79 Å². The lowest BCUT2D eigenvalue weighted by molar-refractivity contribution is -0.00341. The first-order chi connectivity index (χ1) is 12.3. The maximum Gasteiger partial charge on any atom is 0.254 e. The molecular formula is C21H23N3O. The number of likely N-dealkylation sites (tertiary alicyclic amines) is 1. The summed E-state index contributed by atoms with van der Waals surface area (Å²) in [7, 11) is 0. The molecule has 0 N–H and O–H groups in total. The lowest BCUT2D eigenvalue weighted by atomic mass is 9.75. The second-order valence-electron chi connectivity index (χ2n) is 7.57. The third-order valence-electron chi connectivity index (χ3n) is 6.41. The standard InChI is InChI=1S/C21H23N3O/c25-21(17-6-10-22-11-7-17)24-14-18(15-4-2-1-3-5-15)20-19(24)16-8-12-23(20)13-9-16/h1-7,10-11,16,18-20H,8-9,12-14H2/t18-,19+,20+/m0/s1. The number of pyridine rings is 1. The summed E-state index contributed by atoms with van der Waals surface area (Å²) in [5, 5.41) is 0. The summed E-state index contributed by atoms with van der Waals surface area (Å²) in [4.78, 5) is 22.1. The van der Waals surface area contributed by atoms with Gasteiger partial charge in [0, 0.05) is 36.5 Å². The molecule has 5 heterocycles. The zero-order valence-electron chi connectivity index (χ0n) is 14.3. The topological polar surface area (TPSA) is 36.4 Å². The fraction of sp³-hybridized carbons (Fsp3) is 0.429. The molecule has 4 aliphatic rings. The van der Waals surface area contributed by atoms with Crippen LogP contribution in [0.1, 0.15) is 34.7 Å². The number of benzene rings is 1. The minimum atomic E-state index is 0.171. The fourth-order valence-electron chi connectivity index (χ4n) is 5.31. The number of carbonyl (C=O) groups is 1. The third kappa shape index (κ3) is 2.39. The number of hydrogen-bond donors (Lipinski definition) is 0. The van der Waals surface area contributed by atoms with Crippen LogP contribution in [0.15, 0.2) is 54.9 Å². The smallest absolute Gasteiger partial charge is 0.254 e. The zero-order valence-corrected chi connectivity index (χ0v) is 14.3. The third-order valence-corrected chi connectivity index (χ3v) is 6.41. The Hall–Kier alpha value is -2.20. The van der Waals surface area contributed by atoms with Crippen LogP contribution in [0, 0.1) is 5.92 Å². The number of fused-ring (bicyclic) bond motifs is 2. The molecule has 0 aliphatic carbocycles. The van der Waals surface area contributed by atoms with Gasteiger partial charge in [0.1, 0.15) is 0 Å². The molecule has 3 atom stereocenters. The van der Waals surface area contributed by atoms with Crippen molar-refractivity contribution < 1.29 is 4.79 Å². The van der Waals surface area contributed by atoms with Crippen molar-refractivity contribution in [2.45, 2.75) is 30.8 Å². The van der Waals surface area contributed by atoms with Gasteiger partial charge in [-0.3, -0.25) is 14.7 Å². The van der Waals surface area contributed by atoms with Gasteiger partial charge in [-0.25, -0.2) is 0 Å². The molecule has 2 aromatic rings. The number of piperidine rings is 3.